The molecule has 2 rings (SSSR count). The fourth-order valence-corrected chi connectivity index (χ4v) is 5.14. The van der Waals surface area contributed by atoms with Gasteiger partial charge < -0.3 is 5.32 Å². The highest BCUT2D eigenvalue weighted by molar-refractivity contribution is 7.89. The summed E-state index contributed by atoms with van der Waals surface area (Å²) in [5.41, 5.74) is 0.459. The van der Waals surface area contributed by atoms with Crippen molar-refractivity contribution in [1.29, 1.82) is 0 Å². The summed E-state index contributed by atoms with van der Waals surface area (Å²) in [6, 6.07) is 3.05. The minimum Gasteiger partial charge on any atom is -0.318 e. The third-order valence-corrected chi connectivity index (χ3v) is 6.17. The molecule has 1 unspecified atom stereocenters. The molecule has 1 atom stereocenters. The van der Waals surface area contributed by atoms with Crippen molar-refractivity contribution in [3.63, 3.8) is 0 Å². The number of benzene rings is 1. The topological polar surface area (TPSA) is 92.6 Å². The summed E-state index contributed by atoms with van der Waals surface area (Å²) in [4.78, 5) is 10.6. The van der Waals surface area contributed by atoms with E-state index in [2.05, 4.69) is 5.32 Å². The van der Waals surface area contributed by atoms with Gasteiger partial charge in [-0.05, 0) is 39.3 Å². The molecule has 1 N–H and O–H groups in total. The van der Waals surface area contributed by atoms with E-state index in [0.29, 0.717) is 24.2 Å². The van der Waals surface area contributed by atoms with Gasteiger partial charge in [-0.3, -0.25) is 10.1 Å². The average Bonchev–Trinajstić information content (AvgIpc) is 2.90. The number of nitro groups is 1. The van der Waals surface area contributed by atoms with E-state index in [1.807, 2.05) is 0 Å². The summed E-state index contributed by atoms with van der Waals surface area (Å²) in [7, 11) is -2.12. The number of hydrogen-bond acceptors (Lipinski definition) is 5. The first kappa shape index (κ1) is 19.8. The molecule has 9 heteroatoms. The van der Waals surface area contributed by atoms with Gasteiger partial charge in [0.2, 0.25) is 10.0 Å². The van der Waals surface area contributed by atoms with Gasteiger partial charge in [0.25, 0.3) is 5.69 Å². The standard InChI is InChI=1S/C14H21N3O4S.ClH/c1-10-6-7-11(2)14(13(10)17(18)19)22(20,21)16-8-4-5-12(16)9-15-3;/h6-7,12,15H,4-5,8-9H2,1-3H3;1H. The SMILES string of the molecule is CNCC1CCCN1S(=O)(=O)c1c(C)ccc(C)c1[N+](=O)[O-].Cl. The van der Waals surface area contributed by atoms with E-state index in [0.717, 1.165) is 12.8 Å². The van der Waals surface area contributed by atoms with Crippen LogP contribution in [0.1, 0.15) is 24.0 Å². The fraction of sp³-hybridized carbons (Fsp3) is 0.571. The van der Waals surface area contributed by atoms with Gasteiger partial charge in [0.15, 0.2) is 4.90 Å². The molecule has 0 spiro atoms. The highest BCUT2D eigenvalue weighted by Gasteiger charge is 2.40. The van der Waals surface area contributed by atoms with Gasteiger partial charge in [-0.25, -0.2) is 8.42 Å². The number of aryl methyl sites for hydroxylation is 2. The largest absolute Gasteiger partial charge is 0.318 e. The average molecular weight is 364 g/mol. The van der Waals surface area contributed by atoms with E-state index in [9.17, 15) is 18.5 Å². The Morgan fingerprint density at radius 1 is 1.35 bits per heavy atom. The van der Waals surface area contributed by atoms with Crippen LogP contribution in [0.5, 0.6) is 0 Å². The molecule has 1 aliphatic rings. The van der Waals surface area contributed by atoms with Gasteiger partial charge >= 0.3 is 0 Å². The summed E-state index contributed by atoms with van der Waals surface area (Å²) < 4.78 is 27.4. The zero-order valence-corrected chi connectivity index (χ0v) is 15.0. The molecule has 0 amide bonds. The normalized spacial score (nSPS) is 18.7. The Bertz CT molecular complexity index is 694. The minimum absolute atomic E-state index is 0. The molecular weight excluding hydrogens is 342 g/mol. The molecule has 130 valence electrons. The lowest BCUT2D eigenvalue weighted by Crippen LogP contribution is -2.41. The Kier molecular flexibility index (Phi) is 6.52. The third kappa shape index (κ3) is 3.65. The predicted octanol–water partition coefficient (Wildman–Crippen LogP) is 2.01. The highest BCUT2D eigenvalue weighted by Crippen LogP contribution is 2.35. The second-order valence-electron chi connectivity index (χ2n) is 5.60. The van der Waals surface area contributed by atoms with Crippen molar-refractivity contribution in [3.05, 3.63) is 33.4 Å². The Hall–Kier alpha value is -1.22. The van der Waals surface area contributed by atoms with Crippen molar-refractivity contribution in [2.45, 2.75) is 37.6 Å². The van der Waals surface area contributed by atoms with Crippen LogP contribution >= 0.6 is 12.4 Å². The van der Waals surface area contributed by atoms with Crippen molar-refractivity contribution >= 4 is 28.1 Å². The quantitative estimate of drug-likeness (QED) is 0.638. The first-order valence-electron chi connectivity index (χ1n) is 7.21. The van der Waals surface area contributed by atoms with Gasteiger partial charge in [-0.2, -0.15) is 4.31 Å². The third-order valence-electron chi connectivity index (χ3n) is 4.04. The van der Waals surface area contributed by atoms with Crippen LogP contribution in [0.2, 0.25) is 0 Å². The minimum atomic E-state index is -3.89. The molecule has 0 aliphatic carbocycles. The van der Waals surface area contributed by atoms with E-state index in [1.165, 1.54) is 4.31 Å². The smallest absolute Gasteiger partial charge is 0.292 e. The zero-order chi connectivity index (χ0) is 16.5. The molecule has 0 bridgehead atoms. The molecule has 1 aliphatic heterocycles. The van der Waals surface area contributed by atoms with Gasteiger partial charge in [0.1, 0.15) is 0 Å². The lowest BCUT2D eigenvalue weighted by molar-refractivity contribution is -0.388. The van der Waals surface area contributed by atoms with E-state index < -0.39 is 14.9 Å². The van der Waals surface area contributed by atoms with E-state index >= 15 is 0 Å². The molecule has 23 heavy (non-hydrogen) atoms. The molecule has 1 fully saturated rings. The molecule has 1 aromatic rings. The number of nitrogens with zero attached hydrogens (tertiary/aromatic N) is 2. The molecular formula is C14H22ClN3O4S. The molecule has 0 saturated carbocycles. The second-order valence-corrected chi connectivity index (χ2v) is 7.43. The first-order chi connectivity index (χ1) is 10.3. The van der Waals surface area contributed by atoms with Gasteiger partial charge in [-0.15, -0.1) is 12.4 Å². The van der Waals surface area contributed by atoms with Crippen molar-refractivity contribution < 1.29 is 13.3 Å². The molecule has 0 aromatic heterocycles. The Morgan fingerprint density at radius 3 is 2.52 bits per heavy atom. The summed E-state index contributed by atoms with van der Waals surface area (Å²) >= 11 is 0. The number of nitrogens with one attached hydrogen (secondary N) is 1. The summed E-state index contributed by atoms with van der Waals surface area (Å²) in [6.45, 7) is 4.10. The lowest BCUT2D eigenvalue weighted by Gasteiger charge is -2.24. The van der Waals surface area contributed by atoms with Crippen molar-refractivity contribution in [1.82, 2.24) is 9.62 Å². The number of sulfonamides is 1. The molecule has 1 heterocycles. The number of rotatable bonds is 5. The van der Waals surface area contributed by atoms with Gasteiger partial charge in [0.05, 0.1) is 4.92 Å². The van der Waals surface area contributed by atoms with Crippen LogP contribution < -0.4 is 5.32 Å². The van der Waals surface area contributed by atoms with Crippen molar-refractivity contribution in [2.24, 2.45) is 0 Å². The van der Waals surface area contributed by atoms with E-state index in [4.69, 9.17) is 0 Å². The molecule has 7 nitrogen and oxygen atoms in total. The maximum atomic E-state index is 13.0. The van der Waals surface area contributed by atoms with Crippen LogP contribution in [0.3, 0.4) is 0 Å². The molecule has 1 aromatic carbocycles. The zero-order valence-electron chi connectivity index (χ0n) is 13.4. The Balaban J connectivity index is 0.00000264. The van der Waals surface area contributed by atoms with Crippen LogP contribution in [0.25, 0.3) is 0 Å². The van der Waals surface area contributed by atoms with E-state index in [-0.39, 0.29) is 29.0 Å². The predicted molar refractivity (Wildman–Crippen MR) is 90.7 cm³/mol. The van der Waals surface area contributed by atoms with Crippen LogP contribution in [0.15, 0.2) is 17.0 Å². The maximum absolute atomic E-state index is 13.0. The summed E-state index contributed by atoms with van der Waals surface area (Å²) in [6.07, 6.45) is 1.53. The lowest BCUT2D eigenvalue weighted by atomic mass is 10.1. The monoisotopic (exact) mass is 363 g/mol. The fourth-order valence-electron chi connectivity index (χ4n) is 3.01. The number of nitro benzene ring substituents is 1. The summed E-state index contributed by atoms with van der Waals surface area (Å²) in [5, 5.41) is 14.4. The van der Waals surface area contributed by atoms with Gasteiger partial charge in [0, 0.05) is 24.7 Å². The maximum Gasteiger partial charge on any atom is 0.292 e. The first-order valence-corrected chi connectivity index (χ1v) is 8.65. The summed E-state index contributed by atoms with van der Waals surface area (Å²) in [5.74, 6) is 0. The Morgan fingerprint density at radius 2 is 1.96 bits per heavy atom. The number of likely N-dealkylation sites (N-methyl/N-ethyl adjacent to an activating group) is 1. The van der Waals surface area contributed by atoms with Crippen LogP contribution in [0.4, 0.5) is 5.69 Å². The van der Waals surface area contributed by atoms with Gasteiger partial charge in [-0.1, -0.05) is 12.1 Å². The highest BCUT2D eigenvalue weighted by atomic mass is 35.5. The molecule has 0 radical (unpaired) electrons. The van der Waals surface area contributed by atoms with Crippen molar-refractivity contribution in [3.8, 4) is 0 Å². The van der Waals surface area contributed by atoms with E-state index in [1.54, 1.807) is 33.0 Å². The second kappa shape index (κ2) is 7.57. The van der Waals surface area contributed by atoms with Crippen LogP contribution in [-0.4, -0.2) is 43.8 Å². The number of halogens is 1. The van der Waals surface area contributed by atoms with Crippen LogP contribution in [0, 0.1) is 24.0 Å². The number of hydrogen-bond donors (Lipinski definition) is 1. The Labute approximate surface area is 142 Å². The van der Waals surface area contributed by atoms with Crippen molar-refractivity contribution in [2.75, 3.05) is 20.1 Å². The van der Waals surface area contributed by atoms with Crippen LogP contribution in [-0.2, 0) is 10.0 Å². The molecule has 1 saturated heterocycles.